The van der Waals surface area contributed by atoms with Gasteiger partial charge in [0.2, 0.25) is 0 Å². The van der Waals surface area contributed by atoms with Gasteiger partial charge in [-0.05, 0) is 54.7 Å². The first kappa shape index (κ1) is 22.3. The summed E-state index contributed by atoms with van der Waals surface area (Å²) in [4.78, 5) is 0. The fraction of sp³-hybridized carbons (Fsp3) is 0.520. The van der Waals surface area contributed by atoms with Crippen molar-refractivity contribution < 1.29 is 14.6 Å². The Morgan fingerprint density at radius 3 is 1.86 bits per heavy atom. The van der Waals surface area contributed by atoms with Crippen molar-refractivity contribution in [3.63, 3.8) is 0 Å². The van der Waals surface area contributed by atoms with Crippen LogP contribution in [0.2, 0.25) is 0 Å². The third-order valence-electron chi connectivity index (χ3n) is 5.28. The van der Waals surface area contributed by atoms with E-state index in [1.165, 1.54) is 44.9 Å². The monoisotopic (exact) mass is 384 g/mol. The Balaban J connectivity index is 1.51. The predicted octanol–water partition coefficient (Wildman–Crippen LogP) is 6.98. The van der Waals surface area contributed by atoms with E-state index in [2.05, 4.69) is 19.1 Å². The summed E-state index contributed by atoms with van der Waals surface area (Å²) in [6.07, 6.45) is 11.7. The zero-order chi connectivity index (χ0) is 20.0. The molecule has 0 bridgehead atoms. The van der Waals surface area contributed by atoms with E-state index in [1.54, 1.807) is 12.1 Å². The summed E-state index contributed by atoms with van der Waals surface area (Å²) in [5.41, 5.74) is 2.22. The highest BCUT2D eigenvalue weighted by Crippen LogP contribution is 2.24. The molecule has 0 aliphatic rings. The number of rotatable bonds is 14. The van der Waals surface area contributed by atoms with E-state index >= 15 is 0 Å². The van der Waals surface area contributed by atoms with E-state index in [4.69, 9.17) is 9.47 Å². The van der Waals surface area contributed by atoms with Crippen LogP contribution in [0.5, 0.6) is 11.5 Å². The molecule has 3 nitrogen and oxygen atoms in total. The Morgan fingerprint density at radius 2 is 1.29 bits per heavy atom. The molecule has 0 saturated carbocycles. The van der Waals surface area contributed by atoms with Crippen LogP contribution in [-0.2, 0) is 4.74 Å². The molecule has 0 radical (unpaired) electrons. The van der Waals surface area contributed by atoms with E-state index in [-0.39, 0.29) is 0 Å². The maximum Gasteiger partial charge on any atom is 0.119 e. The van der Waals surface area contributed by atoms with Gasteiger partial charge in [-0.25, -0.2) is 0 Å². The Labute approximate surface area is 170 Å². The SMILES string of the molecule is CCC(CCCCCCCCCOc1ccc(-c2ccc(O)cc2)cc1)OC. The van der Waals surface area contributed by atoms with Crippen molar-refractivity contribution in [2.24, 2.45) is 0 Å². The zero-order valence-corrected chi connectivity index (χ0v) is 17.5. The lowest BCUT2D eigenvalue weighted by atomic mass is 10.1. The number of phenolic OH excluding ortho intramolecular Hbond substituents is 1. The number of ether oxygens (including phenoxy) is 2. The molecule has 28 heavy (non-hydrogen) atoms. The summed E-state index contributed by atoms with van der Waals surface area (Å²) >= 11 is 0. The van der Waals surface area contributed by atoms with Crippen LogP contribution in [0.4, 0.5) is 0 Å². The molecule has 0 aromatic heterocycles. The van der Waals surface area contributed by atoms with Crippen molar-refractivity contribution in [2.75, 3.05) is 13.7 Å². The molecule has 2 aromatic carbocycles. The zero-order valence-electron chi connectivity index (χ0n) is 17.5. The van der Waals surface area contributed by atoms with Gasteiger partial charge in [0.1, 0.15) is 11.5 Å². The van der Waals surface area contributed by atoms with Crippen LogP contribution in [0.25, 0.3) is 11.1 Å². The van der Waals surface area contributed by atoms with Gasteiger partial charge in [-0.1, -0.05) is 69.7 Å². The first-order valence-corrected chi connectivity index (χ1v) is 10.8. The second-order valence-corrected chi connectivity index (χ2v) is 7.45. The Kier molecular flexibility index (Phi) is 10.5. The number of methoxy groups -OCH3 is 1. The Morgan fingerprint density at radius 1 is 0.750 bits per heavy atom. The molecule has 0 spiro atoms. The average Bonchev–Trinajstić information content (AvgIpc) is 2.73. The molecule has 154 valence electrons. The molecular weight excluding hydrogens is 348 g/mol. The van der Waals surface area contributed by atoms with Gasteiger partial charge in [0.05, 0.1) is 12.7 Å². The maximum atomic E-state index is 9.37. The summed E-state index contributed by atoms with van der Waals surface area (Å²) in [6, 6.07) is 15.4. The fourth-order valence-corrected chi connectivity index (χ4v) is 3.43. The normalized spacial score (nSPS) is 12.1. The number of aromatic hydroxyl groups is 1. The summed E-state index contributed by atoms with van der Waals surface area (Å²) < 4.78 is 11.3. The van der Waals surface area contributed by atoms with Gasteiger partial charge in [-0.15, -0.1) is 0 Å². The summed E-state index contributed by atoms with van der Waals surface area (Å²) in [5, 5.41) is 9.37. The van der Waals surface area contributed by atoms with Crippen LogP contribution in [-0.4, -0.2) is 24.9 Å². The van der Waals surface area contributed by atoms with Gasteiger partial charge in [-0.3, -0.25) is 0 Å². The molecule has 2 rings (SSSR count). The number of hydrogen-bond acceptors (Lipinski definition) is 3. The Hall–Kier alpha value is -2.00. The highest BCUT2D eigenvalue weighted by atomic mass is 16.5. The predicted molar refractivity (Wildman–Crippen MR) is 117 cm³/mol. The minimum Gasteiger partial charge on any atom is -0.508 e. The highest BCUT2D eigenvalue weighted by molar-refractivity contribution is 5.64. The molecular formula is C25H36O3. The van der Waals surface area contributed by atoms with Crippen LogP contribution in [0.15, 0.2) is 48.5 Å². The smallest absolute Gasteiger partial charge is 0.119 e. The van der Waals surface area contributed by atoms with E-state index < -0.39 is 0 Å². The van der Waals surface area contributed by atoms with E-state index in [0.29, 0.717) is 11.9 Å². The first-order chi connectivity index (χ1) is 13.7. The molecule has 0 saturated heterocycles. The molecule has 1 N–H and O–H groups in total. The van der Waals surface area contributed by atoms with Crippen molar-refractivity contribution in [2.45, 2.75) is 70.8 Å². The van der Waals surface area contributed by atoms with Crippen molar-refractivity contribution in [3.8, 4) is 22.6 Å². The summed E-state index contributed by atoms with van der Waals surface area (Å²) in [5.74, 6) is 1.21. The number of phenols is 1. The van der Waals surface area contributed by atoms with Crippen molar-refractivity contribution in [1.82, 2.24) is 0 Å². The Bertz CT molecular complexity index is 630. The van der Waals surface area contributed by atoms with Crippen LogP contribution < -0.4 is 4.74 Å². The van der Waals surface area contributed by atoms with Crippen LogP contribution in [0, 0.1) is 0 Å². The molecule has 0 aliphatic carbocycles. The number of unbranched alkanes of at least 4 members (excludes halogenated alkanes) is 6. The third kappa shape index (κ3) is 8.35. The number of hydrogen-bond donors (Lipinski definition) is 1. The van der Waals surface area contributed by atoms with Crippen molar-refractivity contribution in [1.29, 1.82) is 0 Å². The average molecular weight is 385 g/mol. The summed E-state index contributed by atoms with van der Waals surface area (Å²) in [6.45, 7) is 2.98. The molecule has 0 fully saturated rings. The van der Waals surface area contributed by atoms with E-state index in [0.717, 1.165) is 36.3 Å². The quantitative estimate of drug-likeness (QED) is 0.357. The standard InChI is InChI=1S/C25H36O3/c1-3-24(27-2)11-9-7-5-4-6-8-10-20-28-25-18-14-22(15-19-25)21-12-16-23(26)17-13-21/h12-19,24,26H,3-11,20H2,1-2H3. The molecule has 0 amide bonds. The summed E-state index contributed by atoms with van der Waals surface area (Å²) in [7, 11) is 1.82. The molecule has 1 atom stereocenters. The van der Waals surface area contributed by atoms with Crippen LogP contribution in [0.3, 0.4) is 0 Å². The first-order valence-electron chi connectivity index (χ1n) is 10.8. The molecule has 0 heterocycles. The lowest BCUT2D eigenvalue weighted by Crippen LogP contribution is -2.08. The van der Waals surface area contributed by atoms with Crippen LogP contribution >= 0.6 is 0 Å². The minimum atomic E-state index is 0.292. The largest absolute Gasteiger partial charge is 0.508 e. The van der Waals surface area contributed by atoms with E-state index in [9.17, 15) is 5.11 Å². The number of benzene rings is 2. The van der Waals surface area contributed by atoms with Gasteiger partial charge in [0.25, 0.3) is 0 Å². The van der Waals surface area contributed by atoms with E-state index in [1.807, 2.05) is 31.4 Å². The van der Waals surface area contributed by atoms with Crippen molar-refractivity contribution >= 4 is 0 Å². The fourth-order valence-electron chi connectivity index (χ4n) is 3.43. The van der Waals surface area contributed by atoms with Gasteiger partial charge >= 0.3 is 0 Å². The second-order valence-electron chi connectivity index (χ2n) is 7.45. The van der Waals surface area contributed by atoms with Crippen LogP contribution in [0.1, 0.15) is 64.7 Å². The molecule has 1 unspecified atom stereocenters. The topological polar surface area (TPSA) is 38.7 Å². The van der Waals surface area contributed by atoms with Gasteiger partial charge in [0.15, 0.2) is 0 Å². The molecule has 3 heteroatoms. The highest BCUT2D eigenvalue weighted by Gasteiger charge is 2.03. The maximum absolute atomic E-state index is 9.37. The molecule has 0 aliphatic heterocycles. The van der Waals surface area contributed by atoms with Gasteiger partial charge < -0.3 is 14.6 Å². The second kappa shape index (κ2) is 13.2. The van der Waals surface area contributed by atoms with Gasteiger partial charge in [0, 0.05) is 7.11 Å². The third-order valence-corrected chi connectivity index (χ3v) is 5.28. The minimum absolute atomic E-state index is 0.292. The van der Waals surface area contributed by atoms with Gasteiger partial charge in [-0.2, -0.15) is 0 Å². The lowest BCUT2D eigenvalue weighted by molar-refractivity contribution is 0.0897. The van der Waals surface area contributed by atoms with Crippen molar-refractivity contribution in [3.05, 3.63) is 48.5 Å². The molecule has 2 aromatic rings. The lowest BCUT2D eigenvalue weighted by Gasteiger charge is -2.12.